The van der Waals surface area contributed by atoms with Crippen LogP contribution in [0.25, 0.3) is 16.2 Å². The summed E-state index contributed by atoms with van der Waals surface area (Å²) in [6, 6.07) is 7.87. The van der Waals surface area contributed by atoms with E-state index in [0.29, 0.717) is 6.54 Å². The Balaban J connectivity index is 2.25. The highest BCUT2D eigenvalue weighted by molar-refractivity contribution is 7.19. The van der Waals surface area contributed by atoms with Crippen LogP contribution in [0.2, 0.25) is 4.34 Å². The molecule has 86 valence electrons. The highest BCUT2D eigenvalue weighted by atomic mass is 35.5. The van der Waals surface area contributed by atoms with E-state index in [1.54, 1.807) is 0 Å². The van der Waals surface area contributed by atoms with Crippen molar-refractivity contribution in [2.24, 2.45) is 5.73 Å². The molecule has 0 amide bonds. The first-order chi connectivity index (χ1) is 8.29. The molecule has 5 heteroatoms. The molecule has 0 aromatic carbocycles. The van der Waals surface area contributed by atoms with Crippen molar-refractivity contribution in [2.75, 3.05) is 0 Å². The Hall–Kier alpha value is -1.36. The molecule has 3 heterocycles. The molecule has 0 spiro atoms. The summed E-state index contributed by atoms with van der Waals surface area (Å²) in [7, 11) is 0. The van der Waals surface area contributed by atoms with Crippen molar-refractivity contribution in [1.82, 2.24) is 9.38 Å². The van der Waals surface area contributed by atoms with E-state index < -0.39 is 0 Å². The zero-order chi connectivity index (χ0) is 11.8. The molecule has 0 aliphatic carbocycles. The van der Waals surface area contributed by atoms with Gasteiger partial charge in [0.1, 0.15) is 0 Å². The number of nitrogens with zero attached hydrogens (tertiary/aromatic N) is 2. The highest BCUT2D eigenvalue weighted by Gasteiger charge is 2.10. The largest absolute Gasteiger partial charge is 0.326 e. The number of fused-ring (bicyclic) bond motifs is 1. The van der Waals surface area contributed by atoms with Gasteiger partial charge < -0.3 is 5.73 Å². The summed E-state index contributed by atoms with van der Waals surface area (Å²) in [6.45, 7) is 0.515. The molecule has 0 atom stereocenters. The third-order valence-electron chi connectivity index (χ3n) is 2.67. The average Bonchev–Trinajstić information content (AvgIpc) is 2.94. The van der Waals surface area contributed by atoms with Gasteiger partial charge in [0.15, 0.2) is 5.82 Å². The molecule has 0 unspecified atom stereocenters. The van der Waals surface area contributed by atoms with Gasteiger partial charge in [0.25, 0.3) is 0 Å². The molecule has 3 aromatic rings. The van der Waals surface area contributed by atoms with E-state index >= 15 is 0 Å². The Morgan fingerprint density at radius 3 is 2.94 bits per heavy atom. The number of rotatable bonds is 2. The van der Waals surface area contributed by atoms with Crippen molar-refractivity contribution in [1.29, 1.82) is 0 Å². The van der Waals surface area contributed by atoms with Crippen LogP contribution in [0.5, 0.6) is 0 Å². The molecule has 0 bridgehead atoms. The first kappa shape index (κ1) is 10.8. The molecule has 17 heavy (non-hydrogen) atoms. The molecule has 3 rings (SSSR count). The van der Waals surface area contributed by atoms with Gasteiger partial charge in [-0.05, 0) is 23.8 Å². The van der Waals surface area contributed by atoms with Crippen LogP contribution in [0.3, 0.4) is 0 Å². The smallest absolute Gasteiger partial charge is 0.154 e. The lowest BCUT2D eigenvalue weighted by Crippen LogP contribution is -1.99. The summed E-state index contributed by atoms with van der Waals surface area (Å²) in [5.41, 5.74) is 7.85. The van der Waals surface area contributed by atoms with Crippen LogP contribution in [0.15, 0.2) is 36.7 Å². The van der Waals surface area contributed by atoms with Crippen molar-refractivity contribution < 1.29 is 0 Å². The fourth-order valence-electron chi connectivity index (χ4n) is 1.87. The average molecular weight is 264 g/mol. The normalized spacial score (nSPS) is 11.2. The molecule has 2 N–H and O–H groups in total. The summed E-state index contributed by atoms with van der Waals surface area (Å²) in [5.74, 6) is 0.909. The second kappa shape index (κ2) is 4.14. The van der Waals surface area contributed by atoms with Crippen molar-refractivity contribution in [3.8, 4) is 10.7 Å². The molecule has 0 aliphatic heterocycles. The van der Waals surface area contributed by atoms with E-state index in [2.05, 4.69) is 4.98 Å². The van der Waals surface area contributed by atoms with E-state index in [-0.39, 0.29) is 0 Å². The van der Waals surface area contributed by atoms with Gasteiger partial charge in [0.2, 0.25) is 0 Å². The van der Waals surface area contributed by atoms with Crippen molar-refractivity contribution in [3.63, 3.8) is 0 Å². The van der Waals surface area contributed by atoms with Crippen LogP contribution >= 0.6 is 22.9 Å². The monoisotopic (exact) mass is 263 g/mol. The second-order valence-corrected chi connectivity index (χ2v) is 5.39. The fourth-order valence-corrected chi connectivity index (χ4v) is 2.91. The first-order valence-corrected chi connectivity index (χ1v) is 6.40. The Labute approximate surface area is 107 Å². The Morgan fingerprint density at radius 1 is 1.35 bits per heavy atom. The summed E-state index contributed by atoms with van der Waals surface area (Å²) in [6.07, 6.45) is 3.84. The van der Waals surface area contributed by atoms with Gasteiger partial charge >= 0.3 is 0 Å². The predicted molar refractivity (Wildman–Crippen MR) is 71.4 cm³/mol. The summed E-state index contributed by atoms with van der Waals surface area (Å²) in [4.78, 5) is 5.51. The van der Waals surface area contributed by atoms with E-state index in [4.69, 9.17) is 17.3 Å². The molecular formula is C12H10ClN3S. The number of imidazole rings is 1. The SMILES string of the molecule is NCc1cccn2c(-c3ccc(Cl)s3)ncc12. The molecule has 0 fully saturated rings. The molecule has 0 saturated carbocycles. The minimum atomic E-state index is 0.515. The predicted octanol–water partition coefficient (Wildman–Crippen LogP) is 3.17. The second-order valence-electron chi connectivity index (χ2n) is 3.68. The van der Waals surface area contributed by atoms with Crippen molar-refractivity contribution >= 4 is 28.5 Å². The maximum absolute atomic E-state index is 5.95. The van der Waals surface area contributed by atoms with Gasteiger partial charge in [-0.3, -0.25) is 4.40 Å². The van der Waals surface area contributed by atoms with Crippen LogP contribution in [-0.2, 0) is 6.54 Å². The Bertz CT molecular complexity index is 671. The number of hydrogen-bond acceptors (Lipinski definition) is 3. The van der Waals surface area contributed by atoms with E-state index in [1.807, 2.05) is 41.1 Å². The summed E-state index contributed by atoms with van der Waals surface area (Å²) < 4.78 is 2.82. The van der Waals surface area contributed by atoms with Crippen molar-refractivity contribution in [2.45, 2.75) is 6.54 Å². The van der Waals surface area contributed by atoms with E-state index in [0.717, 1.165) is 26.1 Å². The topological polar surface area (TPSA) is 43.3 Å². The zero-order valence-electron chi connectivity index (χ0n) is 8.93. The number of thiophene rings is 1. The van der Waals surface area contributed by atoms with Gasteiger partial charge in [-0.2, -0.15) is 0 Å². The van der Waals surface area contributed by atoms with Gasteiger partial charge in [0.05, 0.1) is 20.9 Å². The lowest BCUT2D eigenvalue weighted by Gasteiger charge is -2.02. The van der Waals surface area contributed by atoms with Crippen LogP contribution in [0, 0.1) is 0 Å². The quantitative estimate of drug-likeness (QED) is 0.772. The van der Waals surface area contributed by atoms with Gasteiger partial charge in [-0.15, -0.1) is 11.3 Å². The van der Waals surface area contributed by atoms with Crippen LogP contribution in [0.4, 0.5) is 0 Å². The molecule has 3 aromatic heterocycles. The zero-order valence-corrected chi connectivity index (χ0v) is 10.5. The number of hydrogen-bond donors (Lipinski definition) is 1. The maximum atomic E-state index is 5.95. The first-order valence-electron chi connectivity index (χ1n) is 5.20. The van der Waals surface area contributed by atoms with E-state index in [9.17, 15) is 0 Å². The van der Waals surface area contributed by atoms with Gasteiger partial charge in [-0.1, -0.05) is 17.7 Å². The molecule has 0 aliphatic rings. The molecule has 0 radical (unpaired) electrons. The van der Waals surface area contributed by atoms with Crippen LogP contribution in [-0.4, -0.2) is 9.38 Å². The number of aromatic nitrogens is 2. The lowest BCUT2D eigenvalue weighted by molar-refractivity contribution is 1.05. The minimum absolute atomic E-state index is 0.515. The van der Waals surface area contributed by atoms with Crippen LogP contribution < -0.4 is 5.73 Å². The highest BCUT2D eigenvalue weighted by Crippen LogP contribution is 2.30. The number of pyridine rings is 1. The molecule has 0 saturated heterocycles. The van der Waals surface area contributed by atoms with E-state index in [1.165, 1.54) is 11.3 Å². The molecular weight excluding hydrogens is 254 g/mol. The summed E-state index contributed by atoms with van der Waals surface area (Å²) in [5, 5.41) is 0. The lowest BCUT2D eigenvalue weighted by atomic mass is 10.2. The number of nitrogens with two attached hydrogens (primary N) is 1. The van der Waals surface area contributed by atoms with Crippen molar-refractivity contribution in [3.05, 3.63) is 46.6 Å². The van der Waals surface area contributed by atoms with Crippen LogP contribution in [0.1, 0.15) is 5.56 Å². The standard InChI is InChI=1S/C12H10ClN3S/c13-11-4-3-10(17-11)12-15-7-9-8(6-14)2-1-5-16(9)12/h1-5,7H,6,14H2. The number of halogens is 1. The van der Waals surface area contributed by atoms with Gasteiger partial charge in [-0.25, -0.2) is 4.98 Å². The third kappa shape index (κ3) is 1.74. The summed E-state index contributed by atoms with van der Waals surface area (Å²) >= 11 is 7.47. The maximum Gasteiger partial charge on any atom is 0.154 e. The fraction of sp³-hybridized carbons (Fsp3) is 0.0833. The Kier molecular flexibility index (Phi) is 2.63. The van der Waals surface area contributed by atoms with Gasteiger partial charge in [0, 0.05) is 12.7 Å². The minimum Gasteiger partial charge on any atom is -0.326 e. The Morgan fingerprint density at radius 2 is 2.24 bits per heavy atom. The third-order valence-corrected chi connectivity index (χ3v) is 3.90. The molecule has 3 nitrogen and oxygen atoms in total.